The Hall–Kier alpha value is -1.95. The smallest absolute Gasteiger partial charge is 0.267 e. The minimum absolute atomic E-state index is 0.176. The molecule has 1 aromatic carbocycles. The van der Waals surface area contributed by atoms with E-state index in [4.69, 9.17) is 15.0 Å². The molecule has 0 aliphatic heterocycles. The van der Waals surface area contributed by atoms with E-state index in [0.717, 1.165) is 19.3 Å². The highest BCUT2D eigenvalue weighted by Gasteiger charge is 2.39. The standard InChI is InChI=1S/C15H18FN3O2/c1-2-11(20-12-7-4-3-6-10(12)16)13-18-14(19-21-13)15(17)8-5-9-15/h3-4,6-7,11H,2,5,8-9,17H2,1H3. The van der Waals surface area contributed by atoms with Crippen LogP contribution in [0, 0.1) is 5.82 Å². The lowest BCUT2D eigenvalue weighted by atomic mass is 9.77. The fraction of sp³-hybridized carbons (Fsp3) is 0.467. The Morgan fingerprint density at radius 1 is 1.43 bits per heavy atom. The van der Waals surface area contributed by atoms with Crippen LogP contribution in [0.4, 0.5) is 4.39 Å². The van der Waals surface area contributed by atoms with E-state index in [9.17, 15) is 4.39 Å². The quantitative estimate of drug-likeness (QED) is 0.916. The van der Waals surface area contributed by atoms with Gasteiger partial charge in [-0.05, 0) is 37.8 Å². The predicted octanol–water partition coefficient (Wildman–Crippen LogP) is 3.08. The van der Waals surface area contributed by atoms with Crippen LogP contribution in [0.1, 0.15) is 50.4 Å². The molecular weight excluding hydrogens is 273 g/mol. The van der Waals surface area contributed by atoms with Crippen LogP contribution in [0.3, 0.4) is 0 Å². The summed E-state index contributed by atoms with van der Waals surface area (Å²) in [5.41, 5.74) is 5.70. The van der Waals surface area contributed by atoms with E-state index in [0.29, 0.717) is 18.1 Å². The topological polar surface area (TPSA) is 74.2 Å². The maximum atomic E-state index is 13.6. The molecule has 6 heteroatoms. The van der Waals surface area contributed by atoms with Gasteiger partial charge in [0.05, 0.1) is 5.54 Å². The van der Waals surface area contributed by atoms with Gasteiger partial charge in [-0.25, -0.2) is 4.39 Å². The number of halogens is 1. The predicted molar refractivity (Wildman–Crippen MR) is 74.1 cm³/mol. The van der Waals surface area contributed by atoms with E-state index in [-0.39, 0.29) is 5.75 Å². The van der Waals surface area contributed by atoms with Crippen molar-refractivity contribution in [2.75, 3.05) is 0 Å². The molecule has 0 saturated heterocycles. The molecule has 0 radical (unpaired) electrons. The van der Waals surface area contributed by atoms with E-state index >= 15 is 0 Å². The third-order valence-electron chi connectivity index (χ3n) is 3.88. The number of benzene rings is 1. The van der Waals surface area contributed by atoms with Crippen LogP contribution in [0.25, 0.3) is 0 Å². The van der Waals surface area contributed by atoms with E-state index in [1.54, 1.807) is 18.2 Å². The van der Waals surface area contributed by atoms with Gasteiger partial charge in [-0.15, -0.1) is 0 Å². The second kappa shape index (κ2) is 5.44. The van der Waals surface area contributed by atoms with Crippen LogP contribution in [-0.4, -0.2) is 10.1 Å². The largest absolute Gasteiger partial charge is 0.478 e. The van der Waals surface area contributed by atoms with Crippen molar-refractivity contribution in [3.8, 4) is 5.75 Å². The molecule has 5 nitrogen and oxygen atoms in total. The van der Waals surface area contributed by atoms with Crippen molar-refractivity contribution in [1.29, 1.82) is 0 Å². The van der Waals surface area contributed by atoms with Crippen molar-refractivity contribution < 1.29 is 13.7 Å². The van der Waals surface area contributed by atoms with Crippen molar-refractivity contribution in [2.45, 2.75) is 44.2 Å². The van der Waals surface area contributed by atoms with Gasteiger partial charge < -0.3 is 15.0 Å². The average Bonchev–Trinajstić information content (AvgIpc) is 2.94. The number of nitrogens with zero attached hydrogens (tertiary/aromatic N) is 2. The lowest BCUT2D eigenvalue weighted by molar-refractivity contribution is 0.148. The van der Waals surface area contributed by atoms with E-state index in [2.05, 4.69) is 10.1 Å². The molecule has 1 aliphatic carbocycles. The molecular formula is C15H18FN3O2. The van der Waals surface area contributed by atoms with Gasteiger partial charge in [0.15, 0.2) is 23.5 Å². The number of hydrogen-bond acceptors (Lipinski definition) is 5. The molecule has 0 spiro atoms. The van der Waals surface area contributed by atoms with Crippen LogP contribution >= 0.6 is 0 Å². The summed E-state index contributed by atoms with van der Waals surface area (Å²) in [6, 6.07) is 6.26. The van der Waals surface area contributed by atoms with Crippen molar-refractivity contribution in [3.63, 3.8) is 0 Å². The van der Waals surface area contributed by atoms with Crippen molar-refractivity contribution in [2.24, 2.45) is 5.73 Å². The summed E-state index contributed by atoms with van der Waals surface area (Å²) < 4.78 is 24.6. The molecule has 112 valence electrons. The normalized spacial score (nSPS) is 18.0. The van der Waals surface area contributed by atoms with Crippen molar-refractivity contribution >= 4 is 0 Å². The van der Waals surface area contributed by atoms with Crippen LogP contribution in [0.15, 0.2) is 28.8 Å². The lowest BCUT2D eigenvalue weighted by Crippen LogP contribution is -2.44. The summed E-state index contributed by atoms with van der Waals surface area (Å²) in [6.07, 6.45) is 2.90. The molecule has 1 atom stereocenters. The van der Waals surface area contributed by atoms with Crippen LogP contribution in [-0.2, 0) is 5.54 Å². The molecule has 1 aromatic heterocycles. The highest BCUT2D eigenvalue weighted by Crippen LogP contribution is 2.37. The first-order chi connectivity index (χ1) is 10.1. The number of hydrogen-bond donors (Lipinski definition) is 1. The molecule has 21 heavy (non-hydrogen) atoms. The second-order valence-electron chi connectivity index (χ2n) is 5.41. The number of aromatic nitrogens is 2. The summed E-state index contributed by atoms with van der Waals surface area (Å²) in [5, 5.41) is 3.96. The molecule has 1 unspecified atom stereocenters. The zero-order valence-corrected chi connectivity index (χ0v) is 11.9. The Labute approximate surface area is 122 Å². The molecule has 1 heterocycles. The van der Waals surface area contributed by atoms with Crippen LogP contribution < -0.4 is 10.5 Å². The third-order valence-corrected chi connectivity index (χ3v) is 3.88. The minimum Gasteiger partial charge on any atom is -0.478 e. The fourth-order valence-electron chi connectivity index (χ4n) is 2.35. The summed E-state index contributed by atoms with van der Waals surface area (Å²) >= 11 is 0. The molecule has 2 N–H and O–H groups in total. The zero-order chi connectivity index (χ0) is 14.9. The number of para-hydroxylation sites is 1. The van der Waals surface area contributed by atoms with Gasteiger partial charge in [-0.2, -0.15) is 4.98 Å². The summed E-state index contributed by atoms with van der Waals surface area (Å²) in [6.45, 7) is 1.91. The molecule has 3 rings (SSSR count). The maximum absolute atomic E-state index is 13.6. The molecule has 1 fully saturated rings. The average molecular weight is 291 g/mol. The monoisotopic (exact) mass is 291 g/mol. The number of ether oxygens (including phenoxy) is 1. The summed E-state index contributed by atoms with van der Waals surface area (Å²) in [7, 11) is 0. The Morgan fingerprint density at radius 3 is 2.81 bits per heavy atom. The van der Waals surface area contributed by atoms with Gasteiger partial charge in [-0.3, -0.25) is 0 Å². The Kier molecular flexibility index (Phi) is 3.63. The Morgan fingerprint density at radius 2 is 2.19 bits per heavy atom. The number of rotatable bonds is 5. The van der Waals surface area contributed by atoms with Gasteiger partial charge in [0.25, 0.3) is 5.89 Å². The molecule has 1 aliphatic rings. The SMILES string of the molecule is CCC(Oc1ccccc1F)c1nc(C2(N)CCC2)no1. The first-order valence-electron chi connectivity index (χ1n) is 7.16. The van der Waals surface area contributed by atoms with Crippen LogP contribution in [0.2, 0.25) is 0 Å². The van der Waals surface area contributed by atoms with Gasteiger partial charge >= 0.3 is 0 Å². The van der Waals surface area contributed by atoms with E-state index in [1.807, 2.05) is 6.92 Å². The van der Waals surface area contributed by atoms with Gasteiger partial charge in [0.2, 0.25) is 0 Å². The second-order valence-corrected chi connectivity index (χ2v) is 5.41. The first-order valence-corrected chi connectivity index (χ1v) is 7.16. The van der Waals surface area contributed by atoms with E-state index in [1.165, 1.54) is 6.07 Å². The molecule has 1 saturated carbocycles. The zero-order valence-electron chi connectivity index (χ0n) is 11.9. The summed E-state index contributed by atoms with van der Waals surface area (Å²) in [5.74, 6) is 0.618. The highest BCUT2D eigenvalue weighted by atomic mass is 19.1. The lowest BCUT2D eigenvalue weighted by Gasteiger charge is -2.34. The first kappa shape index (κ1) is 14.0. The van der Waals surface area contributed by atoms with Crippen LogP contribution in [0.5, 0.6) is 5.75 Å². The molecule has 2 aromatic rings. The number of nitrogens with two attached hydrogens (primary N) is 1. The Bertz CT molecular complexity index is 625. The molecule has 0 bridgehead atoms. The van der Waals surface area contributed by atoms with E-state index < -0.39 is 17.5 Å². The van der Waals surface area contributed by atoms with Crippen molar-refractivity contribution in [1.82, 2.24) is 10.1 Å². The van der Waals surface area contributed by atoms with Gasteiger partial charge in [0, 0.05) is 0 Å². The maximum Gasteiger partial charge on any atom is 0.267 e. The van der Waals surface area contributed by atoms with Gasteiger partial charge in [-0.1, -0.05) is 24.2 Å². The van der Waals surface area contributed by atoms with Crippen molar-refractivity contribution in [3.05, 3.63) is 41.8 Å². The third kappa shape index (κ3) is 2.63. The fourth-order valence-corrected chi connectivity index (χ4v) is 2.35. The minimum atomic E-state index is -0.480. The summed E-state index contributed by atoms with van der Waals surface area (Å²) in [4.78, 5) is 4.35. The van der Waals surface area contributed by atoms with Gasteiger partial charge in [0.1, 0.15) is 0 Å². The molecule has 0 amide bonds. The Balaban J connectivity index is 1.79. The highest BCUT2D eigenvalue weighted by molar-refractivity contribution is 5.24.